The minimum Gasteiger partial charge on any atom is -0.484 e. The zero-order chi connectivity index (χ0) is 21.7. The van der Waals surface area contributed by atoms with Crippen molar-refractivity contribution in [2.24, 2.45) is 0 Å². The summed E-state index contributed by atoms with van der Waals surface area (Å²) in [4.78, 5) is 32.4. The molecule has 2 amide bonds. The average Bonchev–Trinajstić information content (AvgIpc) is 3.21. The Morgan fingerprint density at radius 1 is 1.13 bits per heavy atom. The molecule has 1 fully saturated rings. The quantitative estimate of drug-likeness (QED) is 0.720. The Labute approximate surface area is 185 Å². The van der Waals surface area contributed by atoms with Gasteiger partial charge in [0.05, 0.1) is 0 Å². The van der Waals surface area contributed by atoms with Gasteiger partial charge in [-0.15, -0.1) is 0 Å². The first-order valence-corrected chi connectivity index (χ1v) is 10.6. The molecule has 1 spiro atoms. The molecule has 0 aliphatic carbocycles. The molecule has 2 aromatic rings. The molecule has 2 heterocycles. The van der Waals surface area contributed by atoms with Crippen molar-refractivity contribution < 1.29 is 19.2 Å². The highest BCUT2D eigenvalue weighted by atomic mass is 35.5. The van der Waals surface area contributed by atoms with Gasteiger partial charge in [-0.05, 0) is 29.8 Å². The monoisotopic (exact) mass is 441 g/mol. The summed E-state index contributed by atoms with van der Waals surface area (Å²) in [6, 6.07) is 16.7. The van der Waals surface area contributed by atoms with E-state index < -0.39 is 5.60 Å². The second kappa shape index (κ2) is 9.41. The van der Waals surface area contributed by atoms with Crippen LogP contribution < -0.4 is 15.5 Å². The highest BCUT2D eigenvalue weighted by molar-refractivity contribution is 6.30. The third-order valence-electron chi connectivity index (χ3n) is 5.43. The van der Waals surface area contributed by atoms with E-state index in [0.717, 1.165) is 5.56 Å². The fourth-order valence-electron chi connectivity index (χ4n) is 3.64. The number of hydroxylamine groups is 1. The number of hydrogen-bond acceptors (Lipinski definition) is 5. The second-order valence-corrected chi connectivity index (χ2v) is 8.06. The van der Waals surface area contributed by atoms with Crippen molar-refractivity contribution in [3.63, 3.8) is 0 Å². The molecule has 162 valence electrons. The van der Waals surface area contributed by atoms with Crippen LogP contribution in [0.1, 0.15) is 18.4 Å². The summed E-state index contributed by atoms with van der Waals surface area (Å²) in [6.45, 7) is 1.44. The van der Waals surface area contributed by atoms with E-state index >= 15 is 0 Å². The van der Waals surface area contributed by atoms with Gasteiger partial charge in [-0.25, -0.2) is 0 Å². The van der Waals surface area contributed by atoms with E-state index in [1.807, 2.05) is 36.4 Å². The molecule has 2 aromatic carbocycles. The molecule has 0 radical (unpaired) electrons. The van der Waals surface area contributed by atoms with Crippen LogP contribution in [0.25, 0.3) is 0 Å². The maximum Gasteiger partial charge on any atom is 0.269 e. The molecular weight excluding hydrogens is 418 g/mol. The summed E-state index contributed by atoms with van der Waals surface area (Å²) in [5.41, 5.74) is 3.61. The molecule has 0 aromatic heterocycles. The molecule has 0 atom stereocenters. The molecule has 31 heavy (non-hydrogen) atoms. The lowest BCUT2D eigenvalue weighted by atomic mass is 9.91. The molecule has 7 nitrogen and oxygen atoms in total. The lowest BCUT2D eigenvalue weighted by molar-refractivity contribution is -0.139. The first kappa shape index (κ1) is 21.2. The molecule has 2 aliphatic rings. The number of ether oxygens (including phenoxy) is 1. The van der Waals surface area contributed by atoms with Crippen molar-refractivity contribution >= 4 is 23.4 Å². The zero-order valence-electron chi connectivity index (χ0n) is 17.0. The van der Waals surface area contributed by atoms with E-state index in [4.69, 9.17) is 21.2 Å². The lowest BCUT2D eigenvalue weighted by Crippen LogP contribution is -2.48. The molecule has 0 unspecified atom stereocenters. The molecule has 2 N–H and O–H groups in total. The van der Waals surface area contributed by atoms with Crippen LogP contribution in [0.15, 0.2) is 66.4 Å². The summed E-state index contributed by atoms with van der Waals surface area (Å²) in [5.74, 6) is 0.256. The number of halogens is 1. The summed E-state index contributed by atoms with van der Waals surface area (Å²) in [6.07, 6.45) is 3.02. The van der Waals surface area contributed by atoms with Crippen molar-refractivity contribution in [1.29, 1.82) is 0 Å². The highest BCUT2D eigenvalue weighted by Gasteiger charge is 2.40. The zero-order valence-corrected chi connectivity index (χ0v) is 17.7. The van der Waals surface area contributed by atoms with E-state index in [2.05, 4.69) is 10.8 Å². The summed E-state index contributed by atoms with van der Waals surface area (Å²) >= 11 is 5.93. The number of nitrogens with one attached hydrogen (secondary N) is 2. The first-order chi connectivity index (χ1) is 15.0. The minimum absolute atomic E-state index is 0.0462. The highest BCUT2D eigenvalue weighted by Crippen LogP contribution is 2.32. The number of likely N-dealkylation sites (tertiary alicyclic amines) is 1. The number of amides is 2. The van der Waals surface area contributed by atoms with Crippen LogP contribution in [0, 0.1) is 0 Å². The van der Waals surface area contributed by atoms with Gasteiger partial charge in [0.25, 0.3) is 11.8 Å². The van der Waals surface area contributed by atoms with Gasteiger partial charge in [0.15, 0.2) is 6.61 Å². The van der Waals surface area contributed by atoms with Crippen LogP contribution in [-0.2, 0) is 21.0 Å². The smallest absolute Gasteiger partial charge is 0.269 e. The Morgan fingerprint density at radius 2 is 1.90 bits per heavy atom. The van der Waals surface area contributed by atoms with Gasteiger partial charge in [-0.2, -0.15) is 0 Å². The summed E-state index contributed by atoms with van der Waals surface area (Å²) < 4.78 is 5.55. The Balaban J connectivity index is 1.26. The molecule has 8 heteroatoms. The number of piperidine rings is 1. The van der Waals surface area contributed by atoms with Gasteiger partial charge < -0.3 is 15.0 Å². The van der Waals surface area contributed by atoms with E-state index in [-0.39, 0.29) is 18.4 Å². The maximum absolute atomic E-state index is 12.5. The Bertz CT molecular complexity index is 972. The van der Waals surface area contributed by atoms with Gasteiger partial charge >= 0.3 is 0 Å². The van der Waals surface area contributed by atoms with Crippen molar-refractivity contribution in [1.82, 2.24) is 15.7 Å². The van der Waals surface area contributed by atoms with Crippen molar-refractivity contribution in [2.45, 2.75) is 25.0 Å². The van der Waals surface area contributed by atoms with E-state index in [1.54, 1.807) is 29.2 Å². The summed E-state index contributed by atoms with van der Waals surface area (Å²) in [5, 5.41) is 3.45. The molecule has 0 bridgehead atoms. The van der Waals surface area contributed by atoms with Crippen molar-refractivity contribution in [3.8, 4) is 5.75 Å². The Hall–Kier alpha value is -3.03. The maximum atomic E-state index is 12.5. The van der Waals surface area contributed by atoms with Crippen molar-refractivity contribution in [3.05, 3.63) is 77.0 Å². The third kappa shape index (κ3) is 5.37. The second-order valence-electron chi connectivity index (χ2n) is 7.62. The van der Waals surface area contributed by atoms with Gasteiger partial charge in [0.1, 0.15) is 17.0 Å². The Morgan fingerprint density at radius 3 is 2.65 bits per heavy atom. The summed E-state index contributed by atoms with van der Waals surface area (Å²) in [7, 11) is 0. The molecule has 4 rings (SSSR count). The standard InChI is InChI=1S/C23H24ClN3O4/c24-18-7-4-8-19(13-18)30-16-21(28)27-11-9-23(10-12-27)14-20(26-31-23)22(29)25-15-17-5-2-1-3-6-17/h1-8,13-14,26H,9-12,15-16H2,(H,25,29). The van der Waals surface area contributed by atoms with Crippen LogP contribution >= 0.6 is 11.6 Å². The predicted molar refractivity (Wildman–Crippen MR) is 116 cm³/mol. The van der Waals surface area contributed by atoms with Crippen LogP contribution in [0.2, 0.25) is 5.02 Å². The van der Waals surface area contributed by atoms with E-state index in [9.17, 15) is 9.59 Å². The van der Waals surface area contributed by atoms with Crippen LogP contribution in [-0.4, -0.2) is 42.0 Å². The molecule has 2 aliphatic heterocycles. The SMILES string of the molecule is O=C(NCc1ccccc1)C1=CC2(CCN(C(=O)COc3cccc(Cl)c3)CC2)ON1. The van der Waals surface area contributed by atoms with Crippen molar-refractivity contribution in [2.75, 3.05) is 19.7 Å². The fourth-order valence-corrected chi connectivity index (χ4v) is 3.82. The third-order valence-corrected chi connectivity index (χ3v) is 5.67. The van der Waals surface area contributed by atoms with Crippen LogP contribution in [0.5, 0.6) is 5.75 Å². The molecule has 0 saturated carbocycles. The average molecular weight is 442 g/mol. The number of rotatable bonds is 6. The number of carbonyl (C=O) groups is 2. The van der Waals surface area contributed by atoms with E-state index in [0.29, 0.717) is 48.9 Å². The van der Waals surface area contributed by atoms with Gasteiger partial charge in [0.2, 0.25) is 0 Å². The van der Waals surface area contributed by atoms with E-state index in [1.165, 1.54) is 0 Å². The topological polar surface area (TPSA) is 79.9 Å². The largest absolute Gasteiger partial charge is 0.484 e. The number of carbonyl (C=O) groups excluding carboxylic acids is 2. The normalized spacial score (nSPS) is 17.1. The number of benzene rings is 2. The van der Waals surface area contributed by atoms with Crippen LogP contribution in [0.3, 0.4) is 0 Å². The van der Waals surface area contributed by atoms with Gasteiger partial charge in [0, 0.05) is 37.5 Å². The minimum atomic E-state index is -0.579. The first-order valence-electron chi connectivity index (χ1n) is 10.2. The van der Waals surface area contributed by atoms with Gasteiger partial charge in [-0.3, -0.25) is 19.9 Å². The number of hydrogen-bond donors (Lipinski definition) is 2. The number of nitrogens with zero attached hydrogens (tertiary/aromatic N) is 1. The fraction of sp³-hybridized carbons (Fsp3) is 0.304. The molecule has 1 saturated heterocycles. The lowest BCUT2D eigenvalue weighted by Gasteiger charge is -2.36. The van der Waals surface area contributed by atoms with Crippen LogP contribution in [0.4, 0.5) is 0 Å². The predicted octanol–water partition coefficient (Wildman–Crippen LogP) is 2.82. The Kier molecular flexibility index (Phi) is 6.44. The molecular formula is C23H24ClN3O4. The van der Waals surface area contributed by atoms with Gasteiger partial charge in [-0.1, -0.05) is 48.0 Å².